The molecule has 2 rings (SSSR count). The first kappa shape index (κ1) is 14.9. The summed E-state index contributed by atoms with van der Waals surface area (Å²) in [5.74, 6) is -1.61. The fourth-order valence-corrected chi connectivity index (χ4v) is 2.13. The molecule has 20 heavy (non-hydrogen) atoms. The van der Waals surface area contributed by atoms with Crippen LogP contribution in [0.4, 0.5) is 8.78 Å². The lowest BCUT2D eigenvalue weighted by Gasteiger charge is -2.09. The van der Waals surface area contributed by atoms with Crippen LogP contribution in [0, 0.1) is 11.6 Å². The highest BCUT2D eigenvalue weighted by molar-refractivity contribution is 9.10. The Morgan fingerprint density at radius 2 is 2.00 bits per heavy atom. The van der Waals surface area contributed by atoms with Crippen LogP contribution in [0.15, 0.2) is 40.9 Å². The van der Waals surface area contributed by atoms with Gasteiger partial charge in [-0.15, -0.1) is 0 Å². The van der Waals surface area contributed by atoms with E-state index in [2.05, 4.69) is 21.2 Å². The molecule has 0 aromatic heterocycles. The zero-order chi connectivity index (χ0) is 14.5. The Hall–Kier alpha value is -1.46. The van der Waals surface area contributed by atoms with Crippen molar-refractivity contribution in [2.45, 2.75) is 13.5 Å². The van der Waals surface area contributed by atoms with E-state index in [0.717, 1.165) is 18.2 Å². The van der Waals surface area contributed by atoms with Crippen molar-refractivity contribution in [1.82, 2.24) is 5.32 Å². The maximum atomic E-state index is 13.6. The summed E-state index contributed by atoms with van der Waals surface area (Å²) in [7, 11) is 0. The van der Waals surface area contributed by atoms with Crippen LogP contribution in [-0.2, 0) is 6.54 Å². The van der Waals surface area contributed by atoms with Gasteiger partial charge in [-0.05, 0) is 36.4 Å². The van der Waals surface area contributed by atoms with Gasteiger partial charge in [0.25, 0.3) is 0 Å². The summed E-state index contributed by atoms with van der Waals surface area (Å²) in [5, 5.41) is 3.19. The lowest BCUT2D eigenvalue weighted by Crippen LogP contribution is -2.11. The Labute approximate surface area is 124 Å². The predicted octanol–water partition coefficient (Wildman–Crippen LogP) is 4.63. The third-order valence-electron chi connectivity index (χ3n) is 2.66. The van der Waals surface area contributed by atoms with Crippen LogP contribution in [-0.4, -0.2) is 6.54 Å². The number of rotatable bonds is 5. The van der Waals surface area contributed by atoms with Crippen molar-refractivity contribution in [3.05, 3.63) is 58.1 Å². The van der Waals surface area contributed by atoms with Gasteiger partial charge >= 0.3 is 0 Å². The molecule has 5 heteroatoms. The van der Waals surface area contributed by atoms with Gasteiger partial charge in [-0.3, -0.25) is 0 Å². The first-order valence-electron chi connectivity index (χ1n) is 6.22. The lowest BCUT2D eigenvalue weighted by atomic mass is 10.2. The zero-order valence-corrected chi connectivity index (χ0v) is 12.5. The Balaban J connectivity index is 2.21. The maximum Gasteiger partial charge on any atom is 0.201 e. The van der Waals surface area contributed by atoms with E-state index in [4.69, 9.17) is 4.74 Å². The highest BCUT2D eigenvalue weighted by Crippen LogP contribution is 2.29. The second-order valence-corrected chi connectivity index (χ2v) is 5.15. The topological polar surface area (TPSA) is 21.3 Å². The standard InChI is InChI=1S/C15H14BrF2NO/c1-2-19-9-10-4-3-5-12(6-10)20-14-8-11(16)7-13(17)15(14)18/h3-8,19H,2,9H2,1H3. The molecule has 2 aromatic carbocycles. The van der Waals surface area contributed by atoms with Gasteiger partial charge in [0.1, 0.15) is 5.75 Å². The van der Waals surface area contributed by atoms with E-state index in [0.29, 0.717) is 16.8 Å². The van der Waals surface area contributed by atoms with Crippen molar-refractivity contribution in [3.63, 3.8) is 0 Å². The maximum absolute atomic E-state index is 13.6. The van der Waals surface area contributed by atoms with Gasteiger partial charge in [-0.2, -0.15) is 4.39 Å². The summed E-state index contributed by atoms with van der Waals surface area (Å²) >= 11 is 3.11. The van der Waals surface area contributed by atoms with Crippen LogP contribution in [0.25, 0.3) is 0 Å². The highest BCUT2D eigenvalue weighted by Gasteiger charge is 2.12. The van der Waals surface area contributed by atoms with Gasteiger partial charge in [-0.1, -0.05) is 35.0 Å². The van der Waals surface area contributed by atoms with Crippen LogP contribution in [0.5, 0.6) is 11.5 Å². The van der Waals surface area contributed by atoms with E-state index in [1.54, 1.807) is 12.1 Å². The summed E-state index contributed by atoms with van der Waals surface area (Å²) in [6, 6.07) is 9.70. The molecule has 0 atom stereocenters. The van der Waals surface area contributed by atoms with Gasteiger partial charge < -0.3 is 10.1 Å². The summed E-state index contributed by atoms with van der Waals surface area (Å²) in [6.07, 6.45) is 0. The van der Waals surface area contributed by atoms with Gasteiger partial charge in [-0.25, -0.2) is 4.39 Å². The van der Waals surface area contributed by atoms with Crippen molar-refractivity contribution in [2.75, 3.05) is 6.54 Å². The Kier molecular flexibility index (Phi) is 5.09. The predicted molar refractivity (Wildman–Crippen MR) is 78.0 cm³/mol. The monoisotopic (exact) mass is 341 g/mol. The van der Waals surface area contributed by atoms with Gasteiger partial charge in [0.05, 0.1) is 0 Å². The van der Waals surface area contributed by atoms with E-state index in [1.807, 2.05) is 19.1 Å². The third-order valence-corrected chi connectivity index (χ3v) is 3.12. The molecule has 0 spiro atoms. The fourth-order valence-electron chi connectivity index (χ4n) is 1.72. The molecule has 2 nitrogen and oxygen atoms in total. The summed E-state index contributed by atoms with van der Waals surface area (Å²) in [6.45, 7) is 3.57. The Morgan fingerprint density at radius 1 is 1.20 bits per heavy atom. The number of hydrogen-bond donors (Lipinski definition) is 1. The number of nitrogens with one attached hydrogen (secondary N) is 1. The van der Waals surface area contributed by atoms with E-state index in [1.165, 1.54) is 6.07 Å². The molecule has 0 aliphatic carbocycles. The molecular weight excluding hydrogens is 328 g/mol. The van der Waals surface area contributed by atoms with Crippen molar-refractivity contribution in [1.29, 1.82) is 0 Å². The van der Waals surface area contributed by atoms with Gasteiger partial charge in [0.15, 0.2) is 11.6 Å². The second-order valence-electron chi connectivity index (χ2n) is 4.23. The normalized spacial score (nSPS) is 10.6. The number of benzene rings is 2. The fraction of sp³-hybridized carbons (Fsp3) is 0.200. The summed E-state index contributed by atoms with van der Waals surface area (Å²) < 4.78 is 32.8. The van der Waals surface area contributed by atoms with Crippen molar-refractivity contribution >= 4 is 15.9 Å². The van der Waals surface area contributed by atoms with E-state index in [9.17, 15) is 8.78 Å². The number of ether oxygens (including phenoxy) is 1. The smallest absolute Gasteiger partial charge is 0.201 e. The average molecular weight is 342 g/mol. The average Bonchev–Trinajstić information content (AvgIpc) is 2.42. The summed E-state index contributed by atoms with van der Waals surface area (Å²) in [5.41, 5.74) is 1.01. The van der Waals surface area contributed by atoms with Crippen LogP contribution < -0.4 is 10.1 Å². The zero-order valence-electron chi connectivity index (χ0n) is 10.9. The van der Waals surface area contributed by atoms with Crippen LogP contribution in [0.1, 0.15) is 12.5 Å². The molecule has 0 saturated carbocycles. The molecule has 0 heterocycles. The molecule has 0 fully saturated rings. The van der Waals surface area contributed by atoms with E-state index >= 15 is 0 Å². The van der Waals surface area contributed by atoms with Crippen molar-refractivity contribution in [3.8, 4) is 11.5 Å². The minimum atomic E-state index is -0.995. The molecule has 2 aromatic rings. The van der Waals surface area contributed by atoms with Crippen LogP contribution in [0.2, 0.25) is 0 Å². The highest BCUT2D eigenvalue weighted by atomic mass is 79.9. The SMILES string of the molecule is CCNCc1cccc(Oc2cc(Br)cc(F)c2F)c1. The molecule has 1 N–H and O–H groups in total. The first-order valence-corrected chi connectivity index (χ1v) is 7.01. The Morgan fingerprint density at radius 3 is 2.75 bits per heavy atom. The molecule has 0 saturated heterocycles. The quantitative estimate of drug-likeness (QED) is 0.800. The van der Waals surface area contributed by atoms with Crippen molar-refractivity contribution < 1.29 is 13.5 Å². The van der Waals surface area contributed by atoms with Crippen LogP contribution in [0.3, 0.4) is 0 Å². The van der Waals surface area contributed by atoms with Gasteiger partial charge in [0, 0.05) is 11.0 Å². The van der Waals surface area contributed by atoms with E-state index < -0.39 is 11.6 Å². The summed E-state index contributed by atoms with van der Waals surface area (Å²) in [4.78, 5) is 0. The largest absolute Gasteiger partial charge is 0.454 e. The lowest BCUT2D eigenvalue weighted by molar-refractivity contribution is 0.415. The minimum absolute atomic E-state index is 0.141. The molecular formula is C15H14BrF2NO. The Bertz CT molecular complexity index is 604. The molecule has 0 aliphatic rings. The molecule has 0 radical (unpaired) electrons. The van der Waals surface area contributed by atoms with Gasteiger partial charge in [0.2, 0.25) is 5.82 Å². The minimum Gasteiger partial charge on any atom is -0.454 e. The number of halogens is 3. The second kappa shape index (κ2) is 6.81. The molecule has 0 aliphatic heterocycles. The number of hydrogen-bond acceptors (Lipinski definition) is 2. The molecule has 0 amide bonds. The third kappa shape index (κ3) is 3.77. The van der Waals surface area contributed by atoms with Crippen molar-refractivity contribution in [2.24, 2.45) is 0 Å². The first-order chi connectivity index (χ1) is 9.60. The molecule has 106 valence electrons. The molecule has 0 unspecified atom stereocenters. The molecule has 0 bridgehead atoms. The van der Waals surface area contributed by atoms with E-state index in [-0.39, 0.29) is 5.75 Å². The van der Waals surface area contributed by atoms with Crippen LogP contribution >= 0.6 is 15.9 Å².